The van der Waals surface area contributed by atoms with E-state index >= 15 is 0 Å². The van der Waals surface area contributed by atoms with Gasteiger partial charge >= 0.3 is 0 Å². The summed E-state index contributed by atoms with van der Waals surface area (Å²) >= 11 is 0. The zero-order valence-corrected chi connectivity index (χ0v) is 11.2. The molecule has 0 aromatic carbocycles. The summed E-state index contributed by atoms with van der Waals surface area (Å²) in [4.78, 5) is 4.32. The number of nitrogens with one attached hydrogen (secondary N) is 1. The SMILES string of the molecule is CCCCOc1ccc(C(C)NCCC)cn1. The number of hydrogen-bond donors (Lipinski definition) is 1. The Morgan fingerprint density at radius 3 is 2.71 bits per heavy atom. The van der Waals surface area contributed by atoms with Crippen LogP contribution in [0.15, 0.2) is 18.3 Å². The number of nitrogens with zero attached hydrogens (tertiary/aromatic N) is 1. The molecule has 0 aliphatic rings. The van der Waals surface area contributed by atoms with Crippen LogP contribution in [-0.4, -0.2) is 18.1 Å². The first kappa shape index (κ1) is 14.0. The quantitative estimate of drug-likeness (QED) is 0.703. The fraction of sp³-hybridized carbons (Fsp3) is 0.643. The summed E-state index contributed by atoms with van der Waals surface area (Å²) in [5, 5.41) is 3.44. The number of hydrogen-bond acceptors (Lipinski definition) is 3. The first-order chi connectivity index (χ1) is 8.27. The molecule has 3 nitrogen and oxygen atoms in total. The smallest absolute Gasteiger partial charge is 0.213 e. The van der Waals surface area contributed by atoms with Crippen LogP contribution in [0.1, 0.15) is 51.6 Å². The van der Waals surface area contributed by atoms with E-state index in [-0.39, 0.29) is 0 Å². The second-order valence-electron chi connectivity index (χ2n) is 4.31. The van der Waals surface area contributed by atoms with Gasteiger partial charge in [-0.25, -0.2) is 4.98 Å². The Bertz CT molecular complexity index is 298. The topological polar surface area (TPSA) is 34.1 Å². The van der Waals surface area contributed by atoms with E-state index in [1.54, 1.807) is 0 Å². The van der Waals surface area contributed by atoms with Crippen molar-refractivity contribution < 1.29 is 4.74 Å². The highest BCUT2D eigenvalue weighted by Crippen LogP contribution is 2.14. The molecule has 0 aliphatic carbocycles. The average molecular weight is 236 g/mol. The van der Waals surface area contributed by atoms with Gasteiger partial charge in [-0.2, -0.15) is 0 Å². The first-order valence-corrected chi connectivity index (χ1v) is 6.60. The maximum Gasteiger partial charge on any atom is 0.213 e. The third-order valence-electron chi connectivity index (χ3n) is 2.71. The van der Waals surface area contributed by atoms with Crippen LogP contribution in [0.25, 0.3) is 0 Å². The van der Waals surface area contributed by atoms with Crippen molar-refractivity contribution >= 4 is 0 Å². The first-order valence-electron chi connectivity index (χ1n) is 6.60. The maximum absolute atomic E-state index is 5.53. The Labute approximate surface area is 105 Å². The molecule has 0 bridgehead atoms. The minimum Gasteiger partial charge on any atom is -0.478 e. The molecule has 1 aromatic heterocycles. The van der Waals surface area contributed by atoms with Gasteiger partial charge in [0, 0.05) is 18.3 Å². The van der Waals surface area contributed by atoms with Crippen molar-refractivity contribution in [1.82, 2.24) is 10.3 Å². The van der Waals surface area contributed by atoms with Crippen molar-refractivity contribution in [2.75, 3.05) is 13.2 Å². The van der Waals surface area contributed by atoms with E-state index in [4.69, 9.17) is 4.74 Å². The van der Waals surface area contributed by atoms with Gasteiger partial charge in [0.05, 0.1) is 6.61 Å². The Balaban J connectivity index is 2.43. The van der Waals surface area contributed by atoms with Gasteiger partial charge < -0.3 is 10.1 Å². The zero-order chi connectivity index (χ0) is 12.5. The molecule has 1 heterocycles. The van der Waals surface area contributed by atoms with Crippen molar-refractivity contribution in [2.24, 2.45) is 0 Å². The molecule has 3 heteroatoms. The second kappa shape index (κ2) is 8.07. The molecule has 0 saturated heterocycles. The molecule has 1 rings (SSSR count). The van der Waals surface area contributed by atoms with Gasteiger partial charge in [-0.3, -0.25) is 0 Å². The van der Waals surface area contributed by atoms with Gasteiger partial charge in [-0.1, -0.05) is 26.3 Å². The molecular weight excluding hydrogens is 212 g/mol. The predicted octanol–water partition coefficient (Wildman–Crippen LogP) is 3.32. The van der Waals surface area contributed by atoms with Gasteiger partial charge in [0.1, 0.15) is 0 Å². The van der Waals surface area contributed by atoms with E-state index in [9.17, 15) is 0 Å². The highest BCUT2D eigenvalue weighted by Gasteiger charge is 2.04. The lowest BCUT2D eigenvalue weighted by Crippen LogP contribution is -2.19. The van der Waals surface area contributed by atoms with Crippen molar-refractivity contribution in [3.63, 3.8) is 0 Å². The standard InChI is InChI=1S/C14H24N2O/c1-4-6-10-17-14-8-7-13(11-16-14)12(3)15-9-5-2/h7-8,11-12,15H,4-6,9-10H2,1-3H3. The van der Waals surface area contributed by atoms with Crippen LogP contribution in [0.3, 0.4) is 0 Å². The second-order valence-corrected chi connectivity index (χ2v) is 4.31. The molecule has 96 valence electrons. The van der Waals surface area contributed by atoms with Crippen LogP contribution in [0.5, 0.6) is 5.88 Å². The predicted molar refractivity (Wildman–Crippen MR) is 71.3 cm³/mol. The van der Waals surface area contributed by atoms with E-state index in [1.807, 2.05) is 12.3 Å². The Hall–Kier alpha value is -1.09. The van der Waals surface area contributed by atoms with E-state index < -0.39 is 0 Å². The normalized spacial score (nSPS) is 12.4. The highest BCUT2D eigenvalue weighted by molar-refractivity contribution is 5.20. The zero-order valence-electron chi connectivity index (χ0n) is 11.2. The third-order valence-corrected chi connectivity index (χ3v) is 2.71. The third kappa shape index (κ3) is 5.18. The summed E-state index contributed by atoms with van der Waals surface area (Å²) in [7, 11) is 0. The van der Waals surface area contributed by atoms with Crippen molar-refractivity contribution in [2.45, 2.75) is 46.1 Å². The summed E-state index contributed by atoms with van der Waals surface area (Å²) in [6.45, 7) is 8.27. The molecule has 1 N–H and O–H groups in total. The molecule has 0 aliphatic heterocycles. The monoisotopic (exact) mass is 236 g/mol. The van der Waals surface area contributed by atoms with E-state index in [0.717, 1.165) is 38.3 Å². The summed E-state index contributed by atoms with van der Waals surface area (Å²) in [6, 6.07) is 4.39. The Morgan fingerprint density at radius 1 is 1.29 bits per heavy atom. The van der Waals surface area contributed by atoms with E-state index in [0.29, 0.717) is 6.04 Å². The minimum absolute atomic E-state index is 0.354. The molecule has 1 aromatic rings. The molecule has 0 amide bonds. The molecule has 0 fully saturated rings. The number of rotatable bonds is 8. The Kier molecular flexibility index (Phi) is 6.63. The molecule has 1 unspecified atom stereocenters. The molecular formula is C14H24N2O. The molecule has 1 atom stereocenters. The average Bonchev–Trinajstić information content (AvgIpc) is 2.37. The van der Waals surface area contributed by atoms with Crippen LogP contribution in [-0.2, 0) is 0 Å². The fourth-order valence-corrected chi connectivity index (χ4v) is 1.53. The summed E-state index contributed by atoms with van der Waals surface area (Å²) in [6.07, 6.45) is 5.28. The lowest BCUT2D eigenvalue weighted by atomic mass is 10.1. The fourth-order valence-electron chi connectivity index (χ4n) is 1.53. The minimum atomic E-state index is 0.354. The number of ether oxygens (including phenoxy) is 1. The van der Waals surface area contributed by atoms with Crippen LogP contribution >= 0.6 is 0 Å². The number of pyridine rings is 1. The number of unbranched alkanes of at least 4 members (excludes halogenated alkanes) is 1. The van der Waals surface area contributed by atoms with Gasteiger partial charge in [0.2, 0.25) is 5.88 Å². The lowest BCUT2D eigenvalue weighted by Gasteiger charge is -2.13. The molecule has 0 spiro atoms. The van der Waals surface area contributed by atoms with Crippen LogP contribution < -0.4 is 10.1 Å². The largest absolute Gasteiger partial charge is 0.478 e. The van der Waals surface area contributed by atoms with Crippen LogP contribution in [0, 0.1) is 0 Å². The van der Waals surface area contributed by atoms with E-state index in [2.05, 4.69) is 37.1 Å². The Morgan fingerprint density at radius 2 is 2.12 bits per heavy atom. The van der Waals surface area contributed by atoms with Gasteiger partial charge in [0.15, 0.2) is 0 Å². The van der Waals surface area contributed by atoms with Crippen molar-refractivity contribution in [3.8, 4) is 5.88 Å². The molecule has 0 radical (unpaired) electrons. The van der Waals surface area contributed by atoms with Gasteiger partial charge in [0.25, 0.3) is 0 Å². The highest BCUT2D eigenvalue weighted by atomic mass is 16.5. The van der Waals surface area contributed by atoms with Gasteiger partial charge in [-0.05, 0) is 31.9 Å². The summed E-state index contributed by atoms with van der Waals surface area (Å²) < 4.78 is 5.53. The summed E-state index contributed by atoms with van der Waals surface area (Å²) in [5.74, 6) is 0.727. The van der Waals surface area contributed by atoms with Crippen molar-refractivity contribution in [1.29, 1.82) is 0 Å². The van der Waals surface area contributed by atoms with Crippen molar-refractivity contribution in [3.05, 3.63) is 23.9 Å². The molecule has 0 saturated carbocycles. The number of aromatic nitrogens is 1. The van der Waals surface area contributed by atoms with Crippen LogP contribution in [0.4, 0.5) is 0 Å². The van der Waals surface area contributed by atoms with E-state index in [1.165, 1.54) is 5.56 Å². The van der Waals surface area contributed by atoms with Gasteiger partial charge in [-0.15, -0.1) is 0 Å². The van der Waals surface area contributed by atoms with Crippen LogP contribution in [0.2, 0.25) is 0 Å². The molecule has 17 heavy (non-hydrogen) atoms. The lowest BCUT2D eigenvalue weighted by molar-refractivity contribution is 0.297. The maximum atomic E-state index is 5.53. The summed E-state index contributed by atoms with van der Waals surface area (Å²) in [5.41, 5.74) is 1.21.